The van der Waals surface area contributed by atoms with Crippen LogP contribution in [0.1, 0.15) is 18.1 Å². The van der Waals surface area contributed by atoms with Crippen LogP contribution < -0.4 is 18.9 Å². The predicted molar refractivity (Wildman–Crippen MR) is 130 cm³/mol. The summed E-state index contributed by atoms with van der Waals surface area (Å²) in [5.41, 5.74) is 1.78. The molecule has 0 saturated carbocycles. The van der Waals surface area contributed by atoms with Crippen LogP contribution in [0.2, 0.25) is 0 Å². The predicted octanol–water partition coefficient (Wildman–Crippen LogP) is 5.09. The van der Waals surface area contributed by atoms with Crippen LogP contribution in [0.15, 0.2) is 58.4 Å². The third-order valence-corrected chi connectivity index (χ3v) is 8.08. The van der Waals surface area contributed by atoms with Crippen LogP contribution in [0.3, 0.4) is 0 Å². The van der Waals surface area contributed by atoms with Crippen molar-refractivity contribution in [3.05, 3.63) is 69.5 Å². The lowest BCUT2D eigenvalue weighted by molar-refractivity contribution is -0.116. The number of carbonyl (C=O) groups is 2. The summed E-state index contributed by atoms with van der Waals surface area (Å²) >= 11 is 3.12. The molecule has 2 aromatic rings. The summed E-state index contributed by atoms with van der Waals surface area (Å²) in [6.45, 7) is 2.46. The average molecular weight is 481 g/mol. The Morgan fingerprint density at radius 2 is 1.33 bits per heavy atom. The molecule has 2 aromatic carbocycles. The largest absolute Gasteiger partial charge is 0.454 e. The molecule has 8 heteroatoms. The van der Waals surface area contributed by atoms with Gasteiger partial charge in [0.25, 0.3) is 0 Å². The molecule has 5 rings (SSSR count). The number of carbonyl (C=O) groups excluding carboxylic acids is 2. The number of ketones is 2. The summed E-state index contributed by atoms with van der Waals surface area (Å²) in [5, 5.41) is 0.344. The summed E-state index contributed by atoms with van der Waals surface area (Å²) in [5.74, 6) is 2.86. The van der Waals surface area contributed by atoms with Crippen molar-refractivity contribution in [2.75, 3.05) is 19.3 Å². The molecule has 168 valence electrons. The monoisotopic (exact) mass is 480 g/mol. The second-order valence-electron chi connectivity index (χ2n) is 7.52. The van der Waals surface area contributed by atoms with Crippen LogP contribution in [0.4, 0.5) is 0 Å². The van der Waals surface area contributed by atoms with Gasteiger partial charge in [-0.3, -0.25) is 9.59 Å². The SMILES string of the molecule is CC1CSC(=C(C(=O)/C=C\c2ccc3c(c2)OCO3)C(=O)/C=C/c2ccc3c(c2)OCO3)S1. The van der Waals surface area contributed by atoms with Crippen LogP contribution in [-0.2, 0) is 9.59 Å². The minimum absolute atomic E-state index is 0.189. The highest BCUT2D eigenvalue weighted by atomic mass is 32.2. The fourth-order valence-electron chi connectivity index (χ4n) is 3.44. The quantitative estimate of drug-likeness (QED) is 0.322. The Labute approximate surface area is 199 Å². The second-order valence-corrected chi connectivity index (χ2v) is 10.3. The van der Waals surface area contributed by atoms with E-state index in [-0.39, 0.29) is 30.7 Å². The topological polar surface area (TPSA) is 71.1 Å². The lowest BCUT2D eigenvalue weighted by Gasteiger charge is -2.05. The maximum absolute atomic E-state index is 13.1. The van der Waals surface area contributed by atoms with Crippen molar-refractivity contribution in [2.24, 2.45) is 0 Å². The van der Waals surface area contributed by atoms with Crippen LogP contribution in [-0.4, -0.2) is 36.2 Å². The molecule has 0 N–H and O–H groups in total. The van der Waals surface area contributed by atoms with Crippen molar-refractivity contribution in [1.29, 1.82) is 0 Å². The van der Waals surface area contributed by atoms with E-state index in [1.165, 1.54) is 12.2 Å². The summed E-state index contributed by atoms with van der Waals surface area (Å²) in [6.07, 6.45) is 6.26. The first-order chi connectivity index (χ1) is 16.1. The van der Waals surface area contributed by atoms with Gasteiger partial charge in [0, 0.05) is 11.0 Å². The summed E-state index contributed by atoms with van der Waals surface area (Å²) in [7, 11) is 0. The first kappa shape index (κ1) is 21.7. The van der Waals surface area contributed by atoms with E-state index < -0.39 is 0 Å². The van der Waals surface area contributed by atoms with E-state index in [4.69, 9.17) is 18.9 Å². The third kappa shape index (κ3) is 4.82. The molecule has 3 aliphatic heterocycles. The van der Waals surface area contributed by atoms with E-state index in [9.17, 15) is 9.59 Å². The normalized spacial score (nSPS) is 20.1. The maximum atomic E-state index is 13.1. The minimum Gasteiger partial charge on any atom is -0.454 e. The van der Waals surface area contributed by atoms with Crippen molar-refractivity contribution in [1.82, 2.24) is 0 Å². The Morgan fingerprint density at radius 1 is 0.818 bits per heavy atom. The fourth-order valence-corrected chi connectivity index (χ4v) is 6.30. The maximum Gasteiger partial charge on any atom is 0.231 e. The molecule has 3 aliphatic rings. The number of allylic oxidation sites excluding steroid dienone is 3. The van der Waals surface area contributed by atoms with Gasteiger partial charge in [-0.25, -0.2) is 0 Å². The van der Waals surface area contributed by atoms with Crippen LogP contribution in [0.5, 0.6) is 23.0 Å². The molecule has 0 amide bonds. The van der Waals surface area contributed by atoms with Gasteiger partial charge in [-0.05, 0) is 47.5 Å². The molecule has 1 unspecified atom stereocenters. The minimum atomic E-state index is -0.322. The number of hydrogen-bond donors (Lipinski definition) is 0. The van der Waals surface area contributed by atoms with Gasteiger partial charge in [0.1, 0.15) is 0 Å². The molecule has 1 atom stereocenters. The standard InChI is InChI=1S/C25H20O6S2/c1-15-12-32-25(33-15)24(18(26)6-2-16-4-8-20-22(10-16)30-13-28-20)19(27)7-3-17-5-9-21-23(11-17)31-14-29-21/h2-11,15H,12-14H2,1H3/b6-2-,7-3+,25-24?. The van der Waals surface area contributed by atoms with E-state index in [1.807, 2.05) is 12.1 Å². The molecule has 0 aliphatic carbocycles. The lowest BCUT2D eigenvalue weighted by Crippen LogP contribution is -2.10. The van der Waals surface area contributed by atoms with E-state index in [0.29, 0.717) is 28.2 Å². The Morgan fingerprint density at radius 3 is 1.82 bits per heavy atom. The summed E-state index contributed by atoms with van der Waals surface area (Å²) < 4.78 is 22.2. The van der Waals surface area contributed by atoms with Gasteiger partial charge >= 0.3 is 0 Å². The highest BCUT2D eigenvalue weighted by molar-refractivity contribution is 8.25. The van der Waals surface area contributed by atoms with Crippen LogP contribution in [0, 0.1) is 0 Å². The molecule has 0 spiro atoms. The van der Waals surface area contributed by atoms with Crippen molar-refractivity contribution in [3.8, 4) is 23.0 Å². The summed E-state index contributed by atoms with van der Waals surface area (Å²) in [4.78, 5) is 26.3. The van der Waals surface area contributed by atoms with Crippen molar-refractivity contribution in [3.63, 3.8) is 0 Å². The molecule has 33 heavy (non-hydrogen) atoms. The molecule has 1 fully saturated rings. The highest BCUT2D eigenvalue weighted by Crippen LogP contribution is 2.44. The number of fused-ring (bicyclic) bond motifs is 2. The molecular formula is C25H20O6S2. The number of hydrogen-bond acceptors (Lipinski definition) is 8. The molecule has 0 bridgehead atoms. The molecule has 0 radical (unpaired) electrons. The van der Waals surface area contributed by atoms with Gasteiger partial charge in [0.15, 0.2) is 34.6 Å². The number of thioether (sulfide) groups is 2. The number of ether oxygens (including phenoxy) is 4. The van der Waals surface area contributed by atoms with Gasteiger partial charge in [-0.1, -0.05) is 31.2 Å². The van der Waals surface area contributed by atoms with Gasteiger partial charge in [-0.15, -0.1) is 23.5 Å². The summed E-state index contributed by atoms with van der Waals surface area (Å²) in [6, 6.07) is 10.9. The molecule has 1 saturated heterocycles. The van der Waals surface area contributed by atoms with Crippen molar-refractivity contribution >= 4 is 47.2 Å². The van der Waals surface area contributed by atoms with Gasteiger partial charge in [0.05, 0.1) is 9.81 Å². The Bertz CT molecular complexity index is 1130. The van der Waals surface area contributed by atoms with Gasteiger partial charge < -0.3 is 18.9 Å². The molecule has 6 nitrogen and oxygen atoms in total. The Hall–Kier alpha value is -3.10. The van der Waals surface area contributed by atoms with E-state index in [0.717, 1.165) is 21.1 Å². The first-order valence-electron chi connectivity index (χ1n) is 10.3. The van der Waals surface area contributed by atoms with Gasteiger partial charge in [-0.2, -0.15) is 0 Å². The average Bonchev–Trinajstić information content (AvgIpc) is 3.56. The third-order valence-electron chi connectivity index (χ3n) is 5.10. The van der Waals surface area contributed by atoms with E-state index in [1.54, 1.807) is 59.9 Å². The Balaban J connectivity index is 1.37. The van der Waals surface area contributed by atoms with Crippen LogP contribution in [0.25, 0.3) is 12.2 Å². The molecular weight excluding hydrogens is 460 g/mol. The number of rotatable bonds is 6. The Kier molecular flexibility index (Phi) is 6.20. The van der Waals surface area contributed by atoms with Crippen molar-refractivity contribution < 1.29 is 28.5 Å². The van der Waals surface area contributed by atoms with Gasteiger partial charge in [0.2, 0.25) is 13.6 Å². The highest BCUT2D eigenvalue weighted by Gasteiger charge is 2.26. The van der Waals surface area contributed by atoms with E-state index in [2.05, 4.69) is 6.92 Å². The molecule has 0 aromatic heterocycles. The zero-order valence-electron chi connectivity index (χ0n) is 17.7. The van der Waals surface area contributed by atoms with E-state index >= 15 is 0 Å². The second kappa shape index (κ2) is 9.41. The lowest BCUT2D eigenvalue weighted by atomic mass is 10.1. The smallest absolute Gasteiger partial charge is 0.231 e. The number of benzene rings is 2. The fraction of sp³-hybridized carbons (Fsp3) is 0.200. The molecule has 3 heterocycles. The zero-order valence-corrected chi connectivity index (χ0v) is 19.4. The van der Waals surface area contributed by atoms with Crippen molar-refractivity contribution in [2.45, 2.75) is 12.2 Å². The van der Waals surface area contributed by atoms with Crippen LogP contribution >= 0.6 is 23.5 Å². The first-order valence-corrected chi connectivity index (χ1v) is 12.2. The zero-order chi connectivity index (χ0) is 22.8.